The smallest absolute Gasteiger partial charge is 0.264 e. The maximum absolute atomic E-state index is 14.6. The van der Waals surface area contributed by atoms with Crippen LogP contribution in [0.2, 0.25) is 0 Å². The molecule has 45 heavy (non-hydrogen) atoms. The number of ether oxygens (including phenoxy) is 1. The molecule has 0 aliphatic carbocycles. The molecule has 0 aliphatic rings. The SMILES string of the molecule is CCOc1ccccc1N(CC(=O)N(Cc1ccccc1C)C(Cc1ccccc1)C(=O)NC(C)C)S(=O)(=O)c1ccccc1. The van der Waals surface area contributed by atoms with Gasteiger partial charge in [-0.25, -0.2) is 8.42 Å². The van der Waals surface area contributed by atoms with Crippen molar-refractivity contribution in [2.45, 2.75) is 57.6 Å². The Balaban J connectivity index is 1.84. The van der Waals surface area contributed by atoms with Gasteiger partial charge < -0.3 is 15.0 Å². The highest BCUT2D eigenvalue weighted by Crippen LogP contribution is 2.33. The first kappa shape index (κ1) is 33.3. The molecule has 0 bridgehead atoms. The fourth-order valence-electron chi connectivity index (χ4n) is 5.08. The van der Waals surface area contributed by atoms with Gasteiger partial charge in [-0.2, -0.15) is 0 Å². The van der Waals surface area contributed by atoms with Gasteiger partial charge >= 0.3 is 0 Å². The van der Waals surface area contributed by atoms with Crippen LogP contribution in [0.25, 0.3) is 0 Å². The Bertz CT molecular complexity index is 1680. The number of aryl methyl sites for hydroxylation is 1. The van der Waals surface area contributed by atoms with Crippen LogP contribution in [-0.2, 0) is 32.6 Å². The Morgan fingerprint density at radius 3 is 2.07 bits per heavy atom. The van der Waals surface area contributed by atoms with Gasteiger partial charge in [-0.15, -0.1) is 0 Å². The number of carbonyl (C=O) groups excluding carboxylic acids is 2. The van der Waals surface area contributed by atoms with E-state index in [0.29, 0.717) is 12.4 Å². The summed E-state index contributed by atoms with van der Waals surface area (Å²) in [6.45, 7) is 7.35. The lowest BCUT2D eigenvalue weighted by atomic mass is 10.0. The molecule has 0 radical (unpaired) electrons. The monoisotopic (exact) mass is 627 g/mol. The minimum absolute atomic E-state index is 0.0351. The molecule has 4 aromatic carbocycles. The number of sulfonamides is 1. The first-order valence-corrected chi connectivity index (χ1v) is 16.5. The van der Waals surface area contributed by atoms with Crippen LogP contribution in [0.3, 0.4) is 0 Å². The highest BCUT2D eigenvalue weighted by atomic mass is 32.2. The summed E-state index contributed by atoms with van der Waals surface area (Å²) in [4.78, 5) is 30.0. The summed E-state index contributed by atoms with van der Waals surface area (Å²) in [5.74, 6) is -0.511. The summed E-state index contributed by atoms with van der Waals surface area (Å²) in [6.07, 6.45) is 0.248. The third kappa shape index (κ3) is 8.51. The third-order valence-corrected chi connectivity index (χ3v) is 9.12. The quantitative estimate of drug-likeness (QED) is 0.192. The number of amides is 2. The highest BCUT2D eigenvalue weighted by Gasteiger charge is 2.35. The number of para-hydroxylation sites is 2. The van der Waals surface area contributed by atoms with Gasteiger partial charge in [-0.05, 0) is 68.7 Å². The molecule has 0 saturated carbocycles. The normalized spacial score (nSPS) is 11.9. The largest absolute Gasteiger partial charge is 0.492 e. The summed E-state index contributed by atoms with van der Waals surface area (Å²) >= 11 is 0. The number of hydrogen-bond donors (Lipinski definition) is 1. The minimum Gasteiger partial charge on any atom is -0.492 e. The van der Waals surface area contributed by atoms with Gasteiger partial charge in [0.1, 0.15) is 18.3 Å². The average Bonchev–Trinajstić information content (AvgIpc) is 3.03. The maximum atomic E-state index is 14.6. The molecule has 0 saturated heterocycles. The van der Waals surface area contributed by atoms with Crippen molar-refractivity contribution in [1.29, 1.82) is 0 Å². The molecule has 0 aliphatic heterocycles. The molecule has 8 nitrogen and oxygen atoms in total. The van der Waals surface area contributed by atoms with Crippen molar-refractivity contribution >= 4 is 27.5 Å². The maximum Gasteiger partial charge on any atom is 0.264 e. The van der Waals surface area contributed by atoms with Gasteiger partial charge in [0.15, 0.2) is 0 Å². The lowest BCUT2D eigenvalue weighted by Crippen LogP contribution is -2.54. The molecule has 236 valence electrons. The third-order valence-electron chi connectivity index (χ3n) is 7.35. The number of nitrogens with one attached hydrogen (secondary N) is 1. The van der Waals surface area contributed by atoms with Gasteiger partial charge in [0, 0.05) is 19.0 Å². The van der Waals surface area contributed by atoms with Gasteiger partial charge in [-0.1, -0.05) is 84.9 Å². The summed E-state index contributed by atoms with van der Waals surface area (Å²) in [5.41, 5.74) is 2.92. The van der Waals surface area contributed by atoms with Crippen LogP contribution in [0.4, 0.5) is 5.69 Å². The zero-order valence-corrected chi connectivity index (χ0v) is 27.0. The molecule has 2 amide bonds. The number of nitrogens with zero attached hydrogens (tertiary/aromatic N) is 2. The van der Waals surface area contributed by atoms with Crippen LogP contribution in [0.5, 0.6) is 5.75 Å². The molecule has 9 heteroatoms. The van der Waals surface area contributed by atoms with Crippen molar-refractivity contribution in [1.82, 2.24) is 10.2 Å². The Labute approximate surface area is 266 Å². The van der Waals surface area contributed by atoms with E-state index in [9.17, 15) is 18.0 Å². The number of carbonyl (C=O) groups is 2. The van der Waals surface area contributed by atoms with Crippen LogP contribution in [0, 0.1) is 6.92 Å². The Kier molecular flexibility index (Phi) is 11.4. The van der Waals surface area contributed by atoms with Crippen LogP contribution in [-0.4, -0.2) is 50.4 Å². The van der Waals surface area contributed by atoms with Crippen molar-refractivity contribution in [3.05, 3.63) is 126 Å². The highest BCUT2D eigenvalue weighted by molar-refractivity contribution is 7.92. The second-order valence-corrected chi connectivity index (χ2v) is 12.9. The van der Waals surface area contributed by atoms with Crippen molar-refractivity contribution < 1.29 is 22.7 Å². The molecule has 0 heterocycles. The predicted molar refractivity (Wildman–Crippen MR) is 178 cm³/mol. The molecule has 1 N–H and O–H groups in total. The van der Waals surface area contributed by atoms with E-state index in [4.69, 9.17) is 4.74 Å². The summed E-state index contributed by atoms with van der Waals surface area (Å²) in [7, 11) is -4.22. The van der Waals surface area contributed by atoms with E-state index in [1.807, 2.05) is 82.3 Å². The number of benzene rings is 4. The first-order valence-electron chi connectivity index (χ1n) is 15.1. The van der Waals surface area contributed by atoms with Gasteiger partial charge in [-0.3, -0.25) is 13.9 Å². The van der Waals surface area contributed by atoms with E-state index >= 15 is 0 Å². The van der Waals surface area contributed by atoms with Crippen LogP contribution >= 0.6 is 0 Å². The number of rotatable bonds is 14. The molecular formula is C36H41N3O5S. The molecule has 0 spiro atoms. The average molecular weight is 628 g/mol. The molecule has 4 aromatic rings. The zero-order chi connectivity index (χ0) is 32.4. The summed E-state index contributed by atoms with van der Waals surface area (Å²) < 4.78 is 35.3. The lowest BCUT2D eigenvalue weighted by Gasteiger charge is -2.34. The van der Waals surface area contributed by atoms with Crippen LogP contribution < -0.4 is 14.4 Å². The fourth-order valence-corrected chi connectivity index (χ4v) is 6.53. The summed E-state index contributed by atoms with van der Waals surface area (Å²) in [6, 6.07) is 30.8. The van der Waals surface area contributed by atoms with Crippen molar-refractivity contribution in [3.63, 3.8) is 0 Å². The van der Waals surface area contributed by atoms with E-state index < -0.39 is 28.5 Å². The fraction of sp³-hybridized carbons (Fsp3) is 0.278. The molecule has 1 unspecified atom stereocenters. The lowest BCUT2D eigenvalue weighted by molar-refractivity contribution is -0.140. The topological polar surface area (TPSA) is 96.0 Å². The Morgan fingerprint density at radius 1 is 0.822 bits per heavy atom. The first-order chi connectivity index (χ1) is 21.6. The molecule has 1 atom stereocenters. The predicted octanol–water partition coefficient (Wildman–Crippen LogP) is 5.75. The van der Waals surface area contributed by atoms with E-state index in [0.717, 1.165) is 21.0 Å². The van der Waals surface area contributed by atoms with E-state index in [1.165, 1.54) is 17.0 Å². The van der Waals surface area contributed by atoms with Crippen molar-refractivity contribution in [2.75, 3.05) is 17.5 Å². The second kappa shape index (κ2) is 15.4. The molecule has 0 fully saturated rings. The van der Waals surface area contributed by atoms with E-state index in [-0.39, 0.29) is 35.5 Å². The number of anilines is 1. The Morgan fingerprint density at radius 2 is 1.42 bits per heavy atom. The van der Waals surface area contributed by atoms with E-state index in [2.05, 4.69) is 5.32 Å². The van der Waals surface area contributed by atoms with Crippen LogP contribution in [0.15, 0.2) is 114 Å². The van der Waals surface area contributed by atoms with Gasteiger partial charge in [0.2, 0.25) is 11.8 Å². The second-order valence-electron chi connectivity index (χ2n) is 11.0. The van der Waals surface area contributed by atoms with Crippen molar-refractivity contribution in [3.8, 4) is 5.75 Å². The number of hydrogen-bond acceptors (Lipinski definition) is 5. The van der Waals surface area contributed by atoms with Gasteiger partial charge in [0.05, 0.1) is 17.2 Å². The van der Waals surface area contributed by atoms with Crippen LogP contribution in [0.1, 0.15) is 37.5 Å². The standard InChI is InChI=1S/C36H41N3O5S/c1-5-44-34-23-15-14-22-32(34)39(45(42,43)31-20-10-7-11-21-31)26-35(40)38(25-30-19-13-12-16-28(30)4)33(36(41)37-27(2)3)24-29-17-8-6-9-18-29/h6-23,27,33H,5,24-26H2,1-4H3,(H,37,41). The zero-order valence-electron chi connectivity index (χ0n) is 26.2. The molecular weight excluding hydrogens is 586 g/mol. The van der Waals surface area contributed by atoms with E-state index in [1.54, 1.807) is 42.5 Å². The molecule has 4 rings (SSSR count). The van der Waals surface area contributed by atoms with Gasteiger partial charge in [0.25, 0.3) is 10.0 Å². The molecule has 0 aromatic heterocycles. The Hall–Kier alpha value is -4.63. The van der Waals surface area contributed by atoms with Crippen molar-refractivity contribution in [2.24, 2.45) is 0 Å². The summed E-state index contributed by atoms with van der Waals surface area (Å²) in [5, 5.41) is 2.98. The minimum atomic E-state index is -4.22.